The molecule has 0 aliphatic heterocycles. The highest BCUT2D eigenvalue weighted by Crippen LogP contribution is 2.31. The van der Waals surface area contributed by atoms with E-state index in [1.54, 1.807) is 12.1 Å². The minimum Gasteiger partial charge on any atom is -0.423 e. The standard InChI is InChI=1S/C21H21F5O2/c1-4-5-6-11-21(2,3)12-7-9-13(10-8-12)28-20(27)14-15(22)17(24)19(26)18(25)16(14)23/h7-10H,4-6,11H2,1-3H3. The fraction of sp³-hybridized carbons (Fsp3) is 0.381. The summed E-state index contributed by atoms with van der Waals surface area (Å²) in [5.74, 6) is -12.9. The molecule has 0 fully saturated rings. The molecule has 0 unspecified atom stereocenters. The minimum atomic E-state index is -2.33. The van der Waals surface area contributed by atoms with Crippen molar-refractivity contribution >= 4 is 5.97 Å². The first kappa shape index (κ1) is 21.9. The smallest absolute Gasteiger partial charge is 0.349 e. The lowest BCUT2D eigenvalue weighted by atomic mass is 9.80. The topological polar surface area (TPSA) is 26.3 Å². The summed E-state index contributed by atoms with van der Waals surface area (Å²) in [6.07, 6.45) is 4.22. The normalized spacial score (nSPS) is 11.6. The lowest BCUT2D eigenvalue weighted by Crippen LogP contribution is -2.18. The Bertz CT molecular complexity index is 831. The predicted octanol–water partition coefficient (Wildman–Crippen LogP) is 6.46. The molecule has 0 amide bonds. The van der Waals surface area contributed by atoms with Gasteiger partial charge in [0.2, 0.25) is 5.82 Å². The molecule has 152 valence electrons. The van der Waals surface area contributed by atoms with Crippen molar-refractivity contribution in [2.75, 3.05) is 0 Å². The molecule has 2 rings (SSSR count). The van der Waals surface area contributed by atoms with E-state index in [-0.39, 0.29) is 11.2 Å². The third-order valence-electron chi connectivity index (χ3n) is 4.67. The Morgan fingerprint density at radius 2 is 1.36 bits per heavy atom. The van der Waals surface area contributed by atoms with Gasteiger partial charge in [-0.1, -0.05) is 52.2 Å². The molecule has 0 aliphatic rings. The number of ether oxygens (including phenoxy) is 1. The second-order valence-corrected chi connectivity index (χ2v) is 7.20. The third-order valence-corrected chi connectivity index (χ3v) is 4.67. The van der Waals surface area contributed by atoms with Gasteiger partial charge >= 0.3 is 5.97 Å². The molecule has 0 aliphatic carbocycles. The number of rotatable bonds is 7. The number of hydrogen-bond donors (Lipinski definition) is 0. The number of carbonyl (C=O) groups excluding carboxylic acids is 1. The molecule has 0 N–H and O–H groups in total. The van der Waals surface area contributed by atoms with Crippen LogP contribution in [0.2, 0.25) is 0 Å². The highest BCUT2D eigenvalue weighted by molar-refractivity contribution is 5.91. The molecule has 28 heavy (non-hydrogen) atoms. The van der Waals surface area contributed by atoms with E-state index in [2.05, 4.69) is 20.8 Å². The summed E-state index contributed by atoms with van der Waals surface area (Å²) in [4.78, 5) is 12.0. The van der Waals surface area contributed by atoms with E-state index in [4.69, 9.17) is 4.74 Å². The monoisotopic (exact) mass is 400 g/mol. The molecule has 0 radical (unpaired) electrons. The zero-order valence-corrected chi connectivity index (χ0v) is 15.8. The molecule has 0 aromatic heterocycles. The Morgan fingerprint density at radius 3 is 1.86 bits per heavy atom. The second-order valence-electron chi connectivity index (χ2n) is 7.20. The Labute approximate surface area is 160 Å². The molecule has 0 saturated heterocycles. The van der Waals surface area contributed by atoms with Crippen molar-refractivity contribution in [3.8, 4) is 5.75 Å². The maximum atomic E-state index is 13.7. The van der Waals surface area contributed by atoms with Gasteiger partial charge in [-0.05, 0) is 29.5 Å². The molecule has 0 heterocycles. The summed E-state index contributed by atoms with van der Waals surface area (Å²) in [7, 11) is 0. The zero-order valence-electron chi connectivity index (χ0n) is 15.8. The number of halogens is 5. The largest absolute Gasteiger partial charge is 0.423 e. The Balaban J connectivity index is 2.20. The first-order valence-electron chi connectivity index (χ1n) is 8.94. The lowest BCUT2D eigenvalue weighted by molar-refractivity contribution is 0.0721. The van der Waals surface area contributed by atoms with E-state index in [1.165, 1.54) is 12.1 Å². The SMILES string of the molecule is CCCCCC(C)(C)c1ccc(OC(=O)c2c(F)c(F)c(F)c(F)c2F)cc1. The number of esters is 1. The van der Waals surface area contributed by atoms with E-state index < -0.39 is 40.6 Å². The fourth-order valence-corrected chi connectivity index (χ4v) is 2.88. The van der Waals surface area contributed by atoms with Gasteiger partial charge in [-0.2, -0.15) is 0 Å². The van der Waals surface area contributed by atoms with Crippen molar-refractivity contribution in [3.63, 3.8) is 0 Å². The van der Waals surface area contributed by atoms with Crippen molar-refractivity contribution in [1.29, 1.82) is 0 Å². The van der Waals surface area contributed by atoms with Crippen LogP contribution in [0.25, 0.3) is 0 Å². The minimum absolute atomic E-state index is 0.0675. The molecule has 2 nitrogen and oxygen atoms in total. The molecule has 0 atom stereocenters. The number of hydrogen-bond acceptors (Lipinski definition) is 2. The van der Waals surface area contributed by atoms with Crippen molar-refractivity contribution in [2.45, 2.75) is 51.9 Å². The van der Waals surface area contributed by atoms with Crippen LogP contribution in [0.1, 0.15) is 62.4 Å². The second kappa shape index (κ2) is 8.71. The highest BCUT2D eigenvalue weighted by Gasteiger charge is 2.31. The van der Waals surface area contributed by atoms with Crippen LogP contribution in [0.4, 0.5) is 22.0 Å². The van der Waals surface area contributed by atoms with Crippen LogP contribution in [-0.2, 0) is 5.41 Å². The Hall–Kier alpha value is -2.44. The van der Waals surface area contributed by atoms with Crippen LogP contribution in [0.5, 0.6) is 5.75 Å². The van der Waals surface area contributed by atoms with Gasteiger partial charge in [0.15, 0.2) is 23.3 Å². The number of carbonyl (C=O) groups is 1. The average molecular weight is 400 g/mol. The highest BCUT2D eigenvalue weighted by atomic mass is 19.2. The summed E-state index contributed by atoms with van der Waals surface area (Å²) >= 11 is 0. The van der Waals surface area contributed by atoms with Gasteiger partial charge in [0.05, 0.1) is 0 Å². The molecular formula is C21H21F5O2. The summed E-state index contributed by atoms with van der Waals surface area (Å²) in [6, 6.07) is 6.24. The van der Waals surface area contributed by atoms with Crippen molar-refractivity contribution < 1.29 is 31.5 Å². The predicted molar refractivity (Wildman–Crippen MR) is 94.8 cm³/mol. The van der Waals surface area contributed by atoms with Crippen LogP contribution in [0.15, 0.2) is 24.3 Å². The van der Waals surface area contributed by atoms with Crippen LogP contribution >= 0.6 is 0 Å². The van der Waals surface area contributed by atoms with E-state index in [1.807, 2.05) is 0 Å². The quantitative estimate of drug-likeness (QED) is 0.133. The van der Waals surface area contributed by atoms with Gasteiger partial charge in [-0.25, -0.2) is 26.7 Å². The summed E-state index contributed by atoms with van der Waals surface area (Å²) < 4.78 is 71.8. The molecular weight excluding hydrogens is 379 g/mol. The molecule has 2 aromatic carbocycles. The van der Waals surface area contributed by atoms with E-state index >= 15 is 0 Å². The number of benzene rings is 2. The van der Waals surface area contributed by atoms with Crippen LogP contribution < -0.4 is 4.74 Å². The van der Waals surface area contributed by atoms with E-state index in [9.17, 15) is 26.7 Å². The summed E-state index contributed by atoms with van der Waals surface area (Å²) in [5, 5.41) is 0. The first-order chi connectivity index (χ1) is 13.1. The molecule has 0 saturated carbocycles. The first-order valence-corrected chi connectivity index (χ1v) is 8.94. The van der Waals surface area contributed by atoms with Gasteiger partial charge in [-0.15, -0.1) is 0 Å². The van der Waals surface area contributed by atoms with Crippen molar-refractivity contribution in [3.05, 3.63) is 64.5 Å². The average Bonchev–Trinajstić information content (AvgIpc) is 2.65. The Morgan fingerprint density at radius 1 is 0.857 bits per heavy atom. The lowest BCUT2D eigenvalue weighted by Gasteiger charge is -2.25. The molecule has 7 heteroatoms. The van der Waals surface area contributed by atoms with Gasteiger partial charge in [0.1, 0.15) is 11.3 Å². The zero-order chi connectivity index (χ0) is 21.1. The van der Waals surface area contributed by atoms with Gasteiger partial charge in [0.25, 0.3) is 0 Å². The number of unbranched alkanes of at least 4 members (excludes halogenated alkanes) is 2. The summed E-state index contributed by atoms with van der Waals surface area (Å²) in [5.41, 5.74) is -0.779. The Kier molecular flexibility index (Phi) is 6.80. The molecule has 0 spiro atoms. The van der Waals surface area contributed by atoms with E-state index in [0.29, 0.717) is 0 Å². The third kappa shape index (κ3) is 4.51. The summed E-state index contributed by atoms with van der Waals surface area (Å²) in [6.45, 7) is 6.25. The van der Waals surface area contributed by atoms with Crippen molar-refractivity contribution in [2.24, 2.45) is 0 Å². The van der Waals surface area contributed by atoms with Gasteiger partial charge in [-0.3, -0.25) is 0 Å². The van der Waals surface area contributed by atoms with Gasteiger partial charge in [0, 0.05) is 0 Å². The molecule has 0 bridgehead atoms. The maximum Gasteiger partial charge on any atom is 0.349 e. The van der Waals surface area contributed by atoms with Crippen LogP contribution in [-0.4, -0.2) is 5.97 Å². The van der Waals surface area contributed by atoms with Crippen LogP contribution in [0.3, 0.4) is 0 Å². The fourth-order valence-electron chi connectivity index (χ4n) is 2.88. The van der Waals surface area contributed by atoms with Crippen molar-refractivity contribution in [1.82, 2.24) is 0 Å². The van der Waals surface area contributed by atoms with E-state index in [0.717, 1.165) is 31.2 Å². The molecule has 2 aromatic rings. The maximum absolute atomic E-state index is 13.7. The van der Waals surface area contributed by atoms with Crippen LogP contribution in [0, 0.1) is 29.1 Å². The van der Waals surface area contributed by atoms with Gasteiger partial charge < -0.3 is 4.74 Å².